The number of rotatable bonds is 1. The molecule has 0 unspecified atom stereocenters. The summed E-state index contributed by atoms with van der Waals surface area (Å²) in [5.74, 6) is 1.09. The largest absolute Gasteiger partial charge is 0.304 e. The molecule has 16 heavy (non-hydrogen) atoms. The van der Waals surface area contributed by atoms with Crippen LogP contribution in [0.2, 0.25) is 0 Å². The maximum absolute atomic E-state index is 11.5. The molecule has 0 atom stereocenters. The van der Waals surface area contributed by atoms with Gasteiger partial charge in [-0.2, -0.15) is 0 Å². The SMILES string of the molecule is Cc1nccc(-c2nc(C)c(Br)c(=O)[nH]2)n1. The second kappa shape index (κ2) is 4.13. The lowest BCUT2D eigenvalue weighted by Crippen LogP contribution is -2.12. The van der Waals surface area contributed by atoms with Crippen molar-refractivity contribution in [2.45, 2.75) is 13.8 Å². The van der Waals surface area contributed by atoms with Crippen LogP contribution in [-0.4, -0.2) is 19.9 Å². The van der Waals surface area contributed by atoms with E-state index in [0.717, 1.165) is 0 Å². The van der Waals surface area contributed by atoms with Gasteiger partial charge in [0, 0.05) is 6.20 Å². The minimum atomic E-state index is -0.209. The van der Waals surface area contributed by atoms with Gasteiger partial charge in [0.15, 0.2) is 5.82 Å². The van der Waals surface area contributed by atoms with E-state index in [-0.39, 0.29) is 5.56 Å². The highest BCUT2D eigenvalue weighted by Gasteiger charge is 2.07. The molecular weight excluding hydrogens is 272 g/mol. The average molecular weight is 281 g/mol. The summed E-state index contributed by atoms with van der Waals surface area (Å²) in [4.78, 5) is 26.6. The Bertz CT molecular complexity index is 594. The second-order valence-electron chi connectivity index (χ2n) is 3.30. The van der Waals surface area contributed by atoms with Gasteiger partial charge >= 0.3 is 0 Å². The number of halogens is 1. The van der Waals surface area contributed by atoms with Crippen molar-refractivity contribution in [3.63, 3.8) is 0 Å². The first-order chi connectivity index (χ1) is 7.58. The topological polar surface area (TPSA) is 71.5 Å². The van der Waals surface area contributed by atoms with Crippen LogP contribution in [0.1, 0.15) is 11.5 Å². The maximum atomic E-state index is 11.5. The van der Waals surface area contributed by atoms with E-state index in [1.54, 1.807) is 26.1 Å². The van der Waals surface area contributed by atoms with Crippen LogP contribution in [0.5, 0.6) is 0 Å². The highest BCUT2D eigenvalue weighted by atomic mass is 79.9. The molecule has 2 rings (SSSR count). The van der Waals surface area contributed by atoms with Crippen molar-refractivity contribution in [3.05, 3.63) is 38.6 Å². The molecule has 2 aromatic heterocycles. The molecule has 82 valence electrons. The highest BCUT2D eigenvalue weighted by Crippen LogP contribution is 2.13. The van der Waals surface area contributed by atoms with E-state index in [1.165, 1.54) is 0 Å². The van der Waals surface area contributed by atoms with Gasteiger partial charge in [-0.1, -0.05) is 0 Å². The molecule has 0 aliphatic carbocycles. The summed E-state index contributed by atoms with van der Waals surface area (Å²) >= 11 is 3.16. The van der Waals surface area contributed by atoms with Crippen LogP contribution in [0.4, 0.5) is 0 Å². The van der Waals surface area contributed by atoms with Crippen LogP contribution >= 0.6 is 15.9 Å². The number of aryl methyl sites for hydroxylation is 2. The number of hydrogen-bond donors (Lipinski definition) is 1. The zero-order chi connectivity index (χ0) is 11.7. The van der Waals surface area contributed by atoms with Gasteiger partial charge < -0.3 is 4.98 Å². The van der Waals surface area contributed by atoms with E-state index in [1.807, 2.05) is 0 Å². The number of aromatic amines is 1. The minimum absolute atomic E-state index is 0.209. The third-order valence-corrected chi connectivity index (χ3v) is 2.98. The summed E-state index contributed by atoms with van der Waals surface area (Å²) in [6, 6.07) is 1.71. The Balaban J connectivity index is 2.61. The van der Waals surface area contributed by atoms with E-state index < -0.39 is 0 Å². The molecule has 0 saturated carbocycles. The van der Waals surface area contributed by atoms with Gasteiger partial charge in [0.05, 0.1) is 5.69 Å². The van der Waals surface area contributed by atoms with Crippen molar-refractivity contribution in [1.29, 1.82) is 0 Å². The van der Waals surface area contributed by atoms with Gasteiger partial charge in [0.2, 0.25) is 0 Å². The first-order valence-corrected chi connectivity index (χ1v) is 5.43. The lowest BCUT2D eigenvalue weighted by atomic mass is 10.3. The number of aromatic nitrogens is 4. The predicted octanol–water partition coefficient (Wildman–Crippen LogP) is 1.61. The van der Waals surface area contributed by atoms with E-state index in [4.69, 9.17) is 0 Å². The van der Waals surface area contributed by atoms with Gasteiger partial charge in [-0.05, 0) is 35.8 Å². The van der Waals surface area contributed by atoms with E-state index in [9.17, 15) is 4.79 Å². The van der Waals surface area contributed by atoms with Crippen molar-refractivity contribution in [1.82, 2.24) is 19.9 Å². The predicted molar refractivity (Wildman–Crippen MR) is 63.1 cm³/mol. The van der Waals surface area contributed by atoms with Gasteiger partial charge in [0.1, 0.15) is 16.0 Å². The van der Waals surface area contributed by atoms with Crippen molar-refractivity contribution in [2.24, 2.45) is 0 Å². The molecule has 6 heteroatoms. The number of H-pyrrole nitrogens is 1. The monoisotopic (exact) mass is 280 g/mol. The number of nitrogens with one attached hydrogen (secondary N) is 1. The second-order valence-corrected chi connectivity index (χ2v) is 4.10. The zero-order valence-electron chi connectivity index (χ0n) is 8.78. The first kappa shape index (κ1) is 10.9. The minimum Gasteiger partial charge on any atom is -0.304 e. The fraction of sp³-hybridized carbons (Fsp3) is 0.200. The summed E-state index contributed by atoms with van der Waals surface area (Å²) in [7, 11) is 0. The van der Waals surface area contributed by atoms with Crippen LogP contribution in [0, 0.1) is 13.8 Å². The van der Waals surface area contributed by atoms with Gasteiger partial charge in [0.25, 0.3) is 5.56 Å². The Morgan fingerprint density at radius 3 is 2.69 bits per heavy atom. The first-order valence-electron chi connectivity index (χ1n) is 4.64. The molecule has 0 spiro atoms. The van der Waals surface area contributed by atoms with Crippen molar-refractivity contribution >= 4 is 15.9 Å². The molecule has 0 aliphatic heterocycles. The summed E-state index contributed by atoms with van der Waals surface area (Å²) in [5.41, 5.74) is 1.04. The molecule has 0 amide bonds. The lowest BCUT2D eigenvalue weighted by molar-refractivity contribution is 1.00. The van der Waals surface area contributed by atoms with Gasteiger partial charge in [-0.3, -0.25) is 4.79 Å². The summed E-state index contributed by atoms with van der Waals surface area (Å²) in [6.45, 7) is 3.55. The third-order valence-electron chi connectivity index (χ3n) is 2.05. The van der Waals surface area contributed by atoms with Crippen molar-refractivity contribution in [3.8, 4) is 11.5 Å². The number of nitrogens with zero attached hydrogens (tertiary/aromatic N) is 3. The molecular formula is C10H9BrN4O. The Kier molecular flexibility index (Phi) is 2.82. The lowest BCUT2D eigenvalue weighted by Gasteiger charge is -2.02. The standard InChI is InChI=1S/C10H9BrN4O/c1-5-8(11)10(16)15-9(13-5)7-3-4-12-6(2)14-7/h3-4H,1-2H3,(H,13,15,16). The molecule has 0 bridgehead atoms. The smallest absolute Gasteiger partial charge is 0.265 e. The molecule has 2 aromatic rings. The highest BCUT2D eigenvalue weighted by molar-refractivity contribution is 9.10. The summed E-state index contributed by atoms with van der Waals surface area (Å²) in [6.07, 6.45) is 1.63. The van der Waals surface area contributed by atoms with Gasteiger partial charge in [-0.15, -0.1) is 0 Å². The van der Waals surface area contributed by atoms with Crippen LogP contribution in [0.15, 0.2) is 21.5 Å². The van der Waals surface area contributed by atoms with Crippen LogP contribution in [0.3, 0.4) is 0 Å². The molecule has 0 aliphatic rings. The van der Waals surface area contributed by atoms with E-state index >= 15 is 0 Å². The molecule has 0 fully saturated rings. The molecule has 0 saturated heterocycles. The Hall–Kier alpha value is -1.56. The molecule has 5 nitrogen and oxygen atoms in total. The fourth-order valence-electron chi connectivity index (χ4n) is 1.28. The maximum Gasteiger partial charge on any atom is 0.265 e. The molecule has 2 heterocycles. The molecule has 0 aromatic carbocycles. The molecule has 1 N–H and O–H groups in total. The van der Waals surface area contributed by atoms with Crippen LogP contribution in [0.25, 0.3) is 11.5 Å². The summed E-state index contributed by atoms with van der Waals surface area (Å²) < 4.78 is 0.446. The van der Waals surface area contributed by atoms with E-state index in [2.05, 4.69) is 35.9 Å². The summed E-state index contributed by atoms with van der Waals surface area (Å²) in [5, 5.41) is 0. The normalized spacial score (nSPS) is 10.4. The molecule has 0 radical (unpaired) electrons. The van der Waals surface area contributed by atoms with Crippen LogP contribution < -0.4 is 5.56 Å². The van der Waals surface area contributed by atoms with Crippen molar-refractivity contribution < 1.29 is 0 Å². The van der Waals surface area contributed by atoms with Gasteiger partial charge in [-0.25, -0.2) is 15.0 Å². The van der Waals surface area contributed by atoms with Crippen LogP contribution in [-0.2, 0) is 0 Å². The number of hydrogen-bond acceptors (Lipinski definition) is 4. The fourth-order valence-corrected chi connectivity index (χ4v) is 1.47. The Morgan fingerprint density at radius 2 is 2.06 bits per heavy atom. The Morgan fingerprint density at radius 1 is 1.31 bits per heavy atom. The average Bonchev–Trinajstić information content (AvgIpc) is 2.25. The quantitative estimate of drug-likeness (QED) is 0.862. The van der Waals surface area contributed by atoms with Crippen molar-refractivity contribution in [2.75, 3.05) is 0 Å². The zero-order valence-corrected chi connectivity index (χ0v) is 10.4. The third kappa shape index (κ3) is 2.01. The Labute approximate surface area is 100 Å². The van der Waals surface area contributed by atoms with E-state index in [0.29, 0.717) is 27.5 Å².